The van der Waals surface area contributed by atoms with Crippen molar-refractivity contribution in [2.75, 3.05) is 11.9 Å². The van der Waals surface area contributed by atoms with E-state index in [1.165, 1.54) is 6.08 Å². The first-order valence-electron chi connectivity index (χ1n) is 8.26. The topological polar surface area (TPSA) is 60.7 Å². The summed E-state index contributed by atoms with van der Waals surface area (Å²) in [5, 5.41) is 2.78. The number of furan rings is 1. The predicted molar refractivity (Wildman–Crippen MR) is 100 cm³/mol. The summed E-state index contributed by atoms with van der Waals surface area (Å²) in [6.07, 6.45) is 4.59. The molecule has 5 heteroatoms. The van der Waals surface area contributed by atoms with Gasteiger partial charge < -0.3 is 19.2 Å². The molecule has 0 aliphatic rings. The third-order valence-electron chi connectivity index (χ3n) is 3.43. The number of hydrogen-bond donors (Lipinski definition) is 1. The van der Waals surface area contributed by atoms with E-state index in [-0.39, 0.29) is 5.91 Å². The molecule has 3 aromatic rings. The smallest absolute Gasteiger partial charge is 0.248 e. The Morgan fingerprint density at radius 1 is 1.00 bits per heavy atom. The van der Waals surface area contributed by atoms with Gasteiger partial charge in [-0.3, -0.25) is 4.79 Å². The van der Waals surface area contributed by atoms with Crippen molar-refractivity contribution in [3.63, 3.8) is 0 Å². The van der Waals surface area contributed by atoms with Gasteiger partial charge >= 0.3 is 0 Å². The van der Waals surface area contributed by atoms with E-state index in [0.717, 1.165) is 5.75 Å². The standard InChI is InChI=1S/C21H19NO4/c1-2-24-18-9-11-20(12-10-18)26-19-7-5-16(6-8-19)22-21(23)14-13-17-4-3-15-25-17/h3-15H,2H2,1H3,(H,22,23). The van der Waals surface area contributed by atoms with Gasteiger partial charge in [-0.25, -0.2) is 0 Å². The Morgan fingerprint density at radius 3 is 2.27 bits per heavy atom. The van der Waals surface area contributed by atoms with Gasteiger partial charge in [0, 0.05) is 11.8 Å². The number of nitrogens with one attached hydrogen (secondary N) is 1. The molecule has 1 heterocycles. The number of carbonyl (C=O) groups excluding carboxylic acids is 1. The van der Waals surface area contributed by atoms with Crippen LogP contribution >= 0.6 is 0 Å². The molecule has 132 valence electrons. The Labute approximate surface area is 151 Å². The SMILES string of the molecule is CCOc1ccc(Oc2ccc(NC(=O)C=Cc3ccco3)cc2)cc1. The van der Waals surface area contributed by atoms with Crippen LogP contribution in [0.25, 0.3) is 6.08 Å². The van der Waals surface area contributed by atoms with Gasteiger partial charge in [0.1, 0.15) is 23.0 Å². The molecule has 0 atom stereocenters. The normalized spacial score (nSPS) is 10.7. The van der Waals surface area contributed by atoms with Crippen LogP contribution < -0.4 is 14.8 Å². The average molecular weight is 349 g/mol. The van der Waals surface area contributed by atoms with Gasteiger partial charge in [0.2, 0.25) is 5.91 Å². The van der Waals surface area contributed by atoms with Gasteiger partial charge in [-0.15, -0.1) is 0 Å². The number of amides is 1. The van der Waals surface area contributed by atoms with E-state index >= 15 is 0 Å². The summed E-state index contributed by atoms with van der Waals surface area (Å²) in [7, 11) is 0. The number of rotatable bonds is 7. The van der Waals surface area contributed by atoms with E-state index in [0.29, 0.717) is 29.6 Å². The number of ether oxygens (including phenoxy) is 2. The summed E-state index contributed by atoms with van der Waals surface area (Å²) < 4.78 is 16.3. The first-order valence-corrected chi connectivity index (χ1v) is 8.26. The summed E-state index contributed by atoms with van der Waals surface area (Å²) in [4.78, 5) is 11.9. The number of anilines is 1. The third kappa shape index (κ3) is 5.01. The largest absolute Gasteiger partial charge is 0.494 e. The molecule has 0 aliphatic carbocycles. The van der Waals surface area contributed by atoms with Crippen molar-refractivity contribution in [3.8, 4) is 17.2 Å². The number of carbonyl (C=O) groups is 1. The van der Waals surface area contributed by atoms with E-state index in [4.69, 9.17) is 13.9 Å². The summed E-state index contributed by atoms with van der Waals surface area (Å²) in [6, 6.07) is 18.1. The highest BCUT2D eigenvalue weighted by atomic mass is 16.5. The summed E-state index contributed by atoms with van der Waals surface area (Å²) >= 11 is 0. The minimum absolute atomic E-state index is 0.235. The Kier molecular flexibility index (Phi) is 5.72. The molecule has 1 aromatic heterocycles. The second kappa shape index (κ2) is 8.58. The molecule has 0 unspecified atom stereocenters. The monoisotopic (exact) mass is 349 g/mol. The second-order valence-electron chi connectivity index (χ2n) is 5.37. The van der Waals surface area contributed by atoms with Gasteiger partial charge in [-0.1, -0.05) is 0 Å². The van der Waals surface area contributed by atoms with Crippen LogP contribution in [0.3, 0.4) is 0 Å². The Hall–Kier alpha value is -3.47. The summed E-state index contributed by atoms with van der Waals surface area (Å²) in [5.41, 5.74) is 0.679. The third-order valence-corrected chi connectivity index (χ3v) is 3.43. The van der Waals surface area contributed by atoms with Gasteiger partial charge in [-0.2, -0.15) is 0 Å². The Morgan fingerprint density at radius 2 is 1.65 bits per heavy atom. The molecule has 1 N–H and O–H groups in total. The van der Waals surface area contributed by atoms with Crippen molar-refractivity contribution >= 4 is 17.7 Å². The van der Waals surface area contributed by atoms with Crippen molar-refractivity contribution in [1.82, 2.24) is 0 Å². The number of benzene rings is 2. The maximum atomic E-state index is 11.9. The maximum absolute atomic E-state index is 11.9. The van der Waals surface area contributed by atoms with E-state index < -0.39 is 0 Å². The Bertz CT molecular complexity index is 850. The lowest BCUT2D eigenvalue weighted by Gasteiger charge is -2.08. The predicted octanol–water partition coefficient (Wildman–Crippen LogP) is 5.12. The van der Waals surface area contributed by atoms with Crippen LogP contribution in [0.4, 0.5) is 5.69 Å². The minimum atomic E-state index is -0.235. The van der Waals surface area contributed by atoms with Gasteiger partial charge in [0.15, 0.2) is 0 Å². The minimum Gasteiger partial charge on any atom is -0.494 e. The van der Waals surface area contributed by atoms with Crippen LogP contribution in [0.15, 0.2) is 77.4 Å². The summed E-state index contributed by atoms with van der Waals surface area (Å²) in [6.45, 7) is 2.57. The fourth-order valence-electron chi connectivity index (χ4n) is 2.24. The van der Waals surface area contributed by atoms with Crippen LogP contribution in [0.1, 0.15) is 12.7 Å². The molecule has 0 bridgehead atoms. The van der Waals surface area contributed by atoms with Gasteiger partial charge in [-0.05, 0) is 73.7 Å². The number of hydrogen-bond acceptors (Lipinski definition) is 4. The second-order valence-corrected chi connectivity index (χ2v) is 5.37. The van der Waals surface area contributed by atoms with Crippen molar-refractivity contribution in [1.29, 1.82) is 0 Å². The van der Waals surface area contributed by atoms with E-state index in [1.807, 2.05) is 31.2 Å². The van der Waals surface area contributed by atoms with Crippen LogP contribution in [0.2, 0.25) is 0 Å². The van der Waals surface area contributed by atoms with Crippen LogP contribution in [0, 0.1) is 0 Å². The van der Waals surface area contributed by atoms with Crippen LogP contribution in [0.5, 0.6) is 17.2 Å². The highest BCUT2D eigenvalue weighted by Crippen LogP contribution is 2.25. The lowest BCUT2D eigenvalue weighted by molar-refractivity contribution is -0.111. The fraction of sp³-hybridized carbons (Fsp3) is 0.0952. The highest BCUT2D eigenvalue weighted by molar-refractivity contribution is 6.01. The molecule has 0 fully saturated rings. The van der Waals surface area contributed by atoms with Crippen molar-refractivity contribution in [2.45, 2.75) is 6.92 Å². The molecule has 2 aromatic carbocycles. The quantitative estimate of drug-likeness (QED) is 0.601. The fourth-order valence-corrected chi connectivity index (χ4v) is 2.24. The molecular weight excluding hydrogens is 330 g/mol. The average Bonchev–Trinajstić information content (AvgIpc) is 3.17. The van der Waals surface area contributed by atoms with Crippen LogP contribution in [-0.2, 0) is 4.79 Å². The molecular formula is C21H19NO4. The first-order chi connectivity index (χ1) is 12.7. The van der Waals surface area contributed by atoms with E-state index in [1.54, 1.807) is 48.7 Å². The van der Waals surface area contributed by atoms with Crippen molar-refractivity contribution in [2.24, 2.45) is 0 Å². The zero-order chi connectivity index (χ0) is 18.2. The van der Waals surface area contributed by atoms with Crippen molar-refractivity contribution in [3.05, 3.63) is 78.8 Å². The first kappa shape index (κ1) is 17.4. The molecule has 3 rings (SSSR count). The van der Waals surface area contributed by atoms with Gasteiger partial charge in [0.05, 0.1) is 12.9 Å². The molecule has 5 nitrogen and oxygen atoms in total. The maximum Gasteiger partial charge on any atom is 0.248 e. The molecule has 0 aliphatic heterocycles. The molecule has 0 saturated carbocycles. The highest BCUT2D eigenvalue weighted by Gasteiger charge is 2.01. The lowest BCUT2D eigenvalue weighted by Crippen LogP contribution is -2.07. The Balaban J connectivity index is 1.55. The molecule has 0 radical (unpaired) electrons. The zero-order valence-corrected chi connectivity index (χ0v) is 14.3. The lowest BCUT2D eigenvalue weighted by atomic mass is 10.3. The molecule has 0 spiro atoms. The van der Waals surface area contributed by atoms with Crippen molar-refractivity contribution < 1.29 is 18.7 Å². The summed E-state index contributed by atoms with van der Waals surface area (Å²) in [5.74, 6) is 2.59. The van der Waals surface area contributed by atoms with Crippen LogP contribution in [-0.4, -0.2) is 12.5 Å². The zero-order valence-electron chi connectivity index (χ0n) is 14.3. The van der Waals surface area contributed by atoms with Gasteiger partial charge in [0.25, 0.3) is 0 Å². The van der Waals surface area contributed by atoms with E-state index in [2.05, 4.69) is 5.32 Å². The molecule has 1 amide bonds. The molecule has 0 saturated heterocycles. The molecule has 26 heavy (non-hydrogen) atoms. The van der Waals surface area contributed by atoms with E-state index in [9.17, 15) is 4.79 Å².